The zero-order valence-corrected chi connectivity index (χ0v) is 10.2. The molecule has 1 amide bonds. The van der Waals surface area contributed by atoms with Gasteiger partial charge in [-0.1, -0.05) is 30.3 Å². The van der Waals surface area contributed by atoms with Crippen molar-refractivity contribution in [3.63, 3.8) is 0 Å². The SMILES string of the molecule is NC(=O)C1(CCC(=O)OCc2ccccc2)CC1. The predicted octanol–water partition coefficient (Wildman–Crippen LogP) is 1.78. The second-order valence-corrected chi connectivity index (χ2v) is 4.79. The second-order valence-electron chi connectivity index (χ2n) is 4.79. The van der Waals surface area contributed by atoms with Crippen molar-refractivity contribution in [2.75, 3.05) is 0 Å². The summed E-state index contributed by atoms with van der Waals surface area (Å²) >= 11 is 0. The van der Waals surface area contributed by atoms with Crippen LogP contribution in [0.1, 0.15) is 31.2 Å². The number of nitrogens with two attached hydrogens (primary N) is 1. The van der Waals surface area contributed by atoms with Gasteiger partial charge in [0, 0.05) is 11.8 Å². The molecule has 1 aliphatic rings. The van der Waals surface area contributed by atoms with Crippen LogP contribution in [-0.2, 0) is 20.9 Å². The minimum absolute atomic E-state index is 0.260. The fourth-order valence-corrected chi connectivity index (χ4v) is 1.92. The summed E-state index contributed by atoms with van der Waals surface area (Å²) in [4.78, 5) is 22.7. The van der Waals surface area contributed by atoms with Gasteiger partial charge in [0.05, 0.1) is 0 Å². The van der Waals surface area contributed by atoms with Crippen molar-refractivity contribution < 1.29 is 14.3 Å². The molecule has 0 bridgehead atoms. The van der Waals surface area contributed by atoms with Crippen LogP contribution in [0.5, 0.6) is 0 Å². The van der Waals surface area contributed by atoms with Crippen molar-refractivity contribution in [3.8, 4) is 0 Å². The maximum absolute atomic E-state index is 11.5. The Bertz CT molecular complexity index is 438. The summed E-state index contributed by atoms with van der Waals surface area (Å²) in [6.07, 6.45) is 2.37. The molecule has 1 aliphatic carbocycles. The van der Waals surface area contributed by atoms with Gasteiger partial charge in [0.15, 0.2) is 0 Å². The van der Waals surface area contributed by atoms with E-state index in [9.17, 15) is 9.59 Å². The zero-order chi connectivity index (χ0) is 13.0. The third-order valence-electron chi connectivity index (χ3n) is 3.43. The number of carbonyl (C=O) groups excluding carboxylic acids is 2. The largest absolute Gasteiger partial charge is 0.461 e. The number of amides is 1. The van der Waals surface area contributed by atoms with Crippen LogP contribution >= 0.6 is 0 Å². The van der Waals surface area contributed by atoms with E-state index in [0.717, 1.165) is 18.4 Å². The highest BCUT2D eigenvalue weighted by Crippen LogP contribution is 2.49. The average molecular weight is 247 g/mol. The molecule has 1 fully saturated rings. The Morgan fingerprint density at radius 3 is 2.44 bits per heavy atom. The molecule has 1 saturated carbocycles. The lowest BCUT2D eigenvalue weighted by Crippen LogP contribution is -2.25. The first-order valence-electron chi connectivity index (χ1n) is 6.12. The van der Waals surface area contributed by atoms with Gasteiger partial charge in [0.25, 0.3) is 0 Å². The summed E-state index contributed by atoms with van der Waals surface area (Å²) in [6.45, 7) is 0.281. The van der Waals surface area contributed by atoms with E-state index < -0.39 is 5.41 Å². The van der Waals surface area contributed by atoms with Gasteiger partial charge in [-0.05, 0) is 24.8 Å². The molecule has 0 atom stereocenters. The summed E-state index contributed by atoms with van der Waals surface area (Å²) in [5.41, 5.74) is 5.83. The summed E-state index contributed by atoms with van der Waals surface area (Å²) in [5, 5.41) is 0. The molecule has 0 saturated heterocycles. The van der Waals surface area contributed by atoms with E-state index in [4.69, 9.17) is 10.5 Å². The number of hydrogen-bond donors (Lipinski definition) is 1. The molecule has 1 aromatic carbocycles. The van der Waals surface area contributed by atoms with Crippen molar-refractivity contribution in [1.82, 2.24) is 0 Å². The lowest BCUT2D eigenvalue weighted by molar-refractivity contribution is -0.145. The van der Waals surface area contributed by atoms with Crippen LogP contribution in [0.4, 0.5) is 0 Å². The molecule has 4 nitrogen and oxygen atoms in total. The molecule has 4 heteroatoms. The Morgan fingerprint density at radius 1 is 1.22 bits per heavy atom. The fourth-order valence-electron chi connectivity index (χ4n) is 1.92. The highest BCUT2D eigenvalue weighted by molar-refractivity contribution is 5.84. The molecule has 0 heterocycles. The van der Waals surface area contributed by atoms with Gasteiger partial charge in [-0.15, -0.1) is 0 Å². The molecule has 18 heavy (non-hydrogen) atoms. The minimum atomic E-state index is -0.425. The van der Waals surface area contributed by atoms with Gasteiger partial charge in [-0.25, -0.2) is 0 Å². The van der Waals surface area contributed by atoms with E-state index >= 15 is 0 Å². The lowest BCUT2D eigenvalue weighted by Gasteiger charge is -2.10. The van der Waals surface area contributed by atoms with Crippen molar-refractivity contribution in [3.05, 3.63) is 35.9 Å². The summed E-state index contributed by atoms with van der Waals surface area (Å²) in [6, 6.07) is 9.51. The number of primary amides is 1. The van der Waals surface area contributed by atoms with Crippen LogP contribution in [0.15, 0.2) is 30.3 Å². The predicted molar refractivity (Wildman–Crippen MR) is 66.3 cm³/mol. The van der Waals surface area contributed by atoms with Gasteiger partial charge in [-0.2, -0.15) is 0 Å². The highest BCUT2D eigenvalue weighted by Gasteiger charge is 2.48. The van der Waals surface area contributed by atoms with Crippen LogP contribution in [0.2, 0.25) is 0 Å². The monoisotopic (exact) mass is 247 g/mol. The molecule has 0 aromatic heterocycles. The first-order chi connectivity index (χ1) is 8.62. The number of hydrogen-bond acceptors (Lipinski definition) is 3. The van der Waals surface area contributed by atoms with E-state index in [2.05, 4.69) is 0 Å². The van der Waals surface area contributed by atoms with E-state index in [1.54, 1.807) is 0 Å². The van der Waals surface area contributed by atoms with Gasteiger partial charge in [0.1, 0.15) is 6.61 Å². The average Bonchev–Trinajstić information content (AvgIpc) is 3.16. The molecular formula is C14H17NO3. The van der Waals surface area contributed by atoms with E-state index in [1.165, 1.54) is 0 Å². The quantitative estimate of drug-likeness (QED) is 0.779. The number of rotatable bonds is 6. The standard InChI is InChI=1S/C14H17NO3/c15-13(17)14(8-9-14)7-6-12(16)18-10-11-4-2-1-3-5-11/h1-5H,6-10H2,(H2,15,17). The lowest BCUT2D eigenvalue weighted by atomic mass is 10.00. The molecule has 2 N–H and O–H groups in total. The van der Waals surface area contributed by atoms with Crippen molar-refractivity contribution in [1.29, 1.82) is 0 Å². The summed E-state index contributed by atoms with van der Waals surface area (Å²) < 4.78 is 5.14. The van der Waals surface area contributed by atoms with Crippen molar-refractivity contribution in [2.24, 2.45) is 11.1 Å². The Morgan fingerprint density at radius 2 is 1.89 bits per heavy atom. The highest BCUT2D eigenvalue weighted by atomic mass is 16.5. The van der Waals surface area contributed by atoms with Gasteiger partial charge in [0.2, 0.25) is 5.91 Å². The third-order valence-corrected chi connectivity index (χ3v) is 3.43. The third kappa shape index (κ3) is 3.09. The molecular weight excluding hydrogens is 230 g/mol. The summed E-state index contributed by atoms with van der Waals surface area (Å²) in [5.74, 6) is -0.565. The van der Waals surface area contributed by atoms with E-state index in [1.807, 2.05) is 30.3 Å². The van der Waals surface area contributed by atoms with E-state index in [-0.39, 0.29) is 24.9 Å². The van der Waals surface area contributed by atoms with Gasteiger partial charge < -0.3 is 10.5 Å². The van der Waals surface area contributed by atoms with Crippen LogP contribution in [0.3, 0.4) is 0 Å². The normalized spacial score (nSPS) is 16.0. The molecule has 0 spiro atoms. The second kappa shape index (κ2) is 5.21. The molecule has 0 aliphatic heterocycles. The first kappa shape index (κ1) is 12.6. The van der Waals surface area contributed by atoms with Crippen LogP contribution in [0, 0.1) is 5.41 Å². The zero-order valence-electron chi connectivity index (χ0n) is 10.2. The molecule has 1 aromatic rings. The molecule has 96 valence electrons. The number of ether oxygens (including phenoxy) is 1. The first-order valence-corrected chi connectivity index (χ1v) is 6.12. The Balaban J connectivity index is 1.72. The van der Waals surface area contributed by atoms with Crippen LogP contribution in [0.25, 0.3) is 0 Å². The van der Waals surface area contributed by atoms with Crippen molar-refractivity contribution in [2.45, 2.75) is 32.3 Å². The van der Waals surface area contributed by atoms with Crippen LogP contribution in [-0.4, -0.2) is 11.9 Å². The number of benzene rings is 1. The molecule has 0 radical (unpaired) electrons. The summed E-state index contributed by atoms with van der Waals surface area (Å²) in [7, 11) is 0. The topological polar surface area (TPSA) is 69.4 Å². The Hall–Kier alpha value is -1.84. The number of carbonyl (C=O) groups is 2. The fraction of sp³-hybridized carbons (Fsp3) is 0.429. The van der Waals surface area contributed by atoms with E-state index in [0.29, 0.717) is 6.42 Å². The van der Waals surface area contributed by atoms with Crippen LogP contribution < -0.4 is 5.73 Å². The Kier molecular flexibility index (Phi) is 3.65. The smallest absolute Gasteiger partial charge is 0.306 e. The van der Waals surface area contributed by atoms with Gasteiger partial charge in [-0.3, -0.25) is 9.59 Å². The number of esters is 1. The minimum Gasteiger partial charge on any atom is -0.461 e. The molecule has 2 rings (SSSR count). The Labute approximate surface area is 106 Å². The maximum Gasteiger partial charge on any atom is 0.306 e. The van der Waals surface area contributed by atoms with Crippen molar-refractivity contribution >= 4 is 11.9 Å². The molecule has 0 unspecified atom stereocenters. The maximum atomic E-state index is 11.5. The van der Waals surface area contributed by atoms with Gasteiger partial charge >= 0.3 is 5.97 Å².